The number of carbonyl (C=O) groups excluding carboxylic acids is 3. The third-order valence-electron chi connectivity index (χ3n) is 2.97. The van der Waals surface area contributed by atoms with Gasteiger partial charge in [0.2, 0.25) is 0 Å². The highest BCUT2D eigenvalue weighted by Crippen LogP contribution is 2.31. The van der Waals surface area contributed by atoms with Crippen LogP contribution in [0.3, 0.4) is 0 Å². The Bertz CT molecular complexity index is 337. The fourth-order valence-corrected chi connectivity index (χ4v) is 2.22. The summed E-state index contributed by atoms with van der Waals surface area (Å²) in [7, 11) is 0. The zero-order valence-corrected chi connectivity index (χ0v) is 12.0. The highest BCUT2D eigenvalue weighted by Gasteiger charge is 2.41. The maximum Gasteiger partial charge on any atom is 0.320 e. The molecule has 19 heavy (non-hydrogen) atoms. The molecule has 5 heteroatoms. The van der Waals surface area contributed by atoms with Gasteiger partial charge in [-0.25, -0.2) is 0 Å². The zero-order chi connectivity index (χ0) is 14.6. The zero-order valence-electron chi connectivity index (χ0n) is 12.0. The molecule has 0 spiro atoms. The van der Waals surface area contributed by atoms with E-state index in [1.807, 2.05) is 0 Å². The SMILES string of the molecule is CC(C)OC(=O)C(C(=O)OC(C)C)C1CCC(=O)C1. The molecule has 0 aromatic rings. The molecule has 0 bridgehead atoms. The van der Waals surface area contributed by atoms with E-state index in [-0.39, 0.29) is 30.3 Å². The molecule has 1 rings (SSSR count). The van der Waals surface area contributed by atoms with Gasteiger partial charge >= 0.3 is 11.9 Å². The second-order valence-corrected chi connectivity index (χ2v) is 5.49. The second kappa shape index (κ2) is 6.68. The lowest BCUT2D eigenvalue weighted by atomic mass is 9.91. The van der Waals surface area contributed by atoms with Crippen LogP contribution in [0.5, 0.6) is 0 Å². The Kier molecular flexibility index (Phi) is 5.51. The van der Waals surface area contributed by atoms with E-state index in [0.717, 1.165) is 0 Å². The number of ketones is 1. The Hall–Kier alpha value is -1.39. The Labute approximate surface area is 113 Å². The van der Waals surface area contributed by atoms with Crippen molar-refractivity contribution in [1.82, 2.24) is 0 Å². The molecule has 108 valence electrons. The van der Waals surface area contributed by atoms with Crippen molar-refractivity contribution >= 4 is 17.7 Å². The van der Waals surface area contributed by atoms with Crippen LogP contribution in [0.1, 0.15) is 47.0 Å². The summed E-state index contributed by atoms with van der Waals surface area (Å²) in [5.74, 6) is -2.34. The Morgan fingerprint density at radius 3 is 1.84 bits per heavy atom. The standard InChI is InChI=1S/C14H22O5/c1-8(2)18-13(16)12(14(17)19-9(3)4)10-5-6-11(15)7-10/h8-10,12H,5-7H2,1-4H3. The van der Waals surface area contributed by atoms with Crippen molar-refractivity contribution < 1.29 is 23.9 Å². The summed E-state index contributed by atoms with van der Waals surface area (Å²) in [6.45, 7) is 6.90. The molecule has 1 aliphatic carbocycles. The van der Waals surface area contributed by atoms with Crippen molar-refractivity contribution in [2.75, 3.05) is 0 Å². The van der Waals surface area contributed by atoms with Gasteiger partial charge in [-0.15, -0.1) is 0 Å². The van der Waals surface area contributed by atoms with Crippen LogP contribution in [0.2, 0.25) is 0 Å². The van der Waals surface area contributed by atoms with Gasteiger partial charge in [-0.1, -0.05) is 0 Å². The minimum atomic E-state index is -0.976. The Morgan fingerprint density at radius 2 is 1.53 bits per heavy atom. The monoisotopic (exact) mass is 270 g/mol. The number of Topliss-reactive ketones (excluding diaryl/α,β-unsaturated/α-hetero) is 1. The van der Waals surface area contributed by atoms with Crippen LogP contribution < -0.4 is 0 Å². The van der Waals surface area contributed by atoms with E-state index in [0.29, 0.717) is 12.8 Å². The van der Waals surface area contributed by atoms with E-state index in [4.69, 9.17) is 9.47 Å². The molecule has 1 atom stereocenters. The van der Waals surface area contributed by atoms with Gasteiger partial charge < -0.3 is 9.47 Å². The lowest BCUT2D eigenvalue weighted by Crippen LogP contribution is -2.35. The molecular formula is C14H22O5. The van der Waals surface area contributed by atoms with Crippen molar-refractivity contribution in [3.63, 3.8) is 0 Å². The predicted molar refractivity (Wildman–Crippen MR) is 68.3 cm³/mol. The van der Waals surface area contributed by atoms with E-state index in [1.165, 1.54) is 0 Å². The van der Waals surface area contributed by atoms with Crippen molar-refractivity contribution in [1.29, 1.82) is 0 Å². The number of esters is 2. The number of hydrogen-bond donors (Lipinski definition) is 0. The molecule has 0 N–H and O–H groups in total. The van der Waals surface area contributed by atoms with Crippen LogP contribution in [-0.2, 0) is 23.9 Å². The Morgan fingerprint density at radius 1 is 1.05 bits per heavy atom. The van der Waals surface area contributed by atoms with Gasteiger partial charge in [0, 0.05) is 12.8 Å². The fraction of sp³-hybridized carbons (Fsp3) is 0.786. The van der Waals surface area contributed by atoms with Crippen LogP contribution in [0.15, 0.2) is 0 Å². The van der Waals surface area contributed by atoms with E-state index in [1.54, 1.807) is 27.7 Å². The van der Waals surface area contributed by atoms with E-state index < -0.39 is 17.9 Å². The van der Waals surface area contributed by atoms with Crippen LogP contribution >= 0.6 is 0 Å². The average Bonchev–Trinajstić information content (AvgIpc) is 2.62. The molecule has 1 fully saturated rings. The predicted octanol–water partition coefficient (Wildman–Crippen LogP) is 1.87. The first-order chi connectivity index (χ1) is 8.81. The van der Waals surface area contributed by atoms with Crippen LogP contribution in [0.25, 0.3) is 0 Å². The number of ether oxygens (including phenoxy) is 2. The number of hydrogen-bond acceptors (Lipinski definition) is 5. The van der Waals surface area contributed by atoms with Crippen molar-refractivity contribution in [3.05, 3.63) is 0 Å². The lowest BCUT2D eigenvalue weighted by Gasteiger charge is -2.22. The normalized spacial score (nSPS) is 19.3. The maximum atomic E-state index is 12.0. The molecule has 0 aromatic carbocycles. The van der Waals surface area contributed by atoms with Crippen molar-refractivity contribution in [2.45, 2.75) is 59.2 Å². The molecule has 0 radical (unpaired) electrons. The third-order valence-corrected chi connectivity index (χ3v) is 2.97. The van der Waals surface area contributed by atoms with E-state index in [2.05, 4.69) is 0 Å². The van der Waals surface area contributed by atoms with Crippen molar-refractivity contribution in [3.8, 4) is 0 Å². The molecule has 0 amide bonds. The smallest absolute Gasteiger partial charge is 0.320 e. The van der Waals surface area contributed by atoms with Gasteiger partial charge in [0.25, 0.3) is 0 Å². The summed E-state index contributed by atoms with van der Waals surface area (Å²) in [5.41, 5.74) is 0. The molecule has 0 saturated heterocycles. The summed E-state index contributed by atoms with van der Waals surface area (Å²) in [6, 6.07) is 0. The summed E-state index contributed by atoms with van der Waals surface area (Å²) in [4.78, 5) is 35.4. The quantitative estimate of drug-likeness (QED) is 0.563. The fourth-order valence-electron chi connectivity index (χ4n) is 2.22. The molecule has 1 aliphatic rings. The van der Waals surface area contributed by atoms with E-state index in [9.17, 15) is 14.4 Å². The first kappa shape index (κ1) is 15.7. The van der Waals surface area contributed by atoms with Gasteiger partial charge in [-0.05, 0) is 40.0 Å². The topological polar surface area (TPSA) is 69.7 Å². The van der Waals surface area contributed by atoms with Gasteiger partial charge in [-0.2, -0.15) is 0 Å². The van der Waals surface area contributed by atoms with Gasteiger partial charge in [0.1, 0.15) is 5.78 Å². The molecule has 0 aromatic heterocycles. The minimum absolute atomic E-state index is 0.0877. The molecule has 1 saturated carbocycles. The number of carbonyl (C=O) groups is 3. The first-order valence-corrected chi connectivity index (χ1v) is 6.74. The molecule has 0 heterocycles. The van der Waals surface area contributed by atoms with Crippen LogP contribution in [0.4, 0.5) is 0 Å². The summed E-state index contributed by atoms with van der Waals surface area (Å²) in [6.07, 6.45) is 0.637. The van der Waals surface area contributed by atoms with Crippen LogP contribution in [-0.4, -0.2) is 29.9 Å². The maximum absolute atomic E-state index is 12.0. The minimum Gasteiger partial charge on any atom is -0.462 e. The number of rotatable bonds is 5. The molecule has 5 nitrogen and oxygen atoms in total. The summed E-state index contributed by atoms with van der Waals surface area (Å²) < 4.78 is 10.2. The highest BCUT2D eigenvalue weighted by molar-refractivity contribution is 5.96. The van der Waals surface area contributed by atoms with Gasteiger partial charge in [0.15, 0.2) is 5.92 Å². The first-order valence-electron chi connectivity index (χ1n) is 6.74. The molecule has 1 unspecified atom stereocenters. The van der Waals surface area contributed by atoms with E-state index >= 15 is 0 Å². The lowest BCUT2D eigenvalue weighted by molar-refractivity contribution is -0.169. The molecular weight excluding hydrogens is 248 g/mol. The average molecular weight is 270 g/mol. The van der Waals surface area contributed by atoms with Crippen molar-refractivity contribution in [2.24, 2.45) is 11.8 Å². The van der Waals surface area contributed by atoms with Gasteiger partial charge in [0.05, 0.1) is 12.2 Å². The third kappa shape index (κ3) is 4.65. The largest absolute Gasteiger partial charge is 0.462 e. The van der Waals surface area contributed by atoms with Gasteiger partial charge in [-0.3, -0.25) is 14.4 Å². The Balaban J connectivity index is 2.80. The molecule has 0 aliphatic heterocycles. The highest BCUT2D eigenvalue weighted by atomic mass is 16.6. The summed E-state index contributed by atoms with van der Waals surface area (Å²) in [5, 5.41) is 0. The second-order valence-electron chi connectivity index (χ2n) is 5.49. The summed E-state index contributed by atoms with van der Waals surface area (Å²) >= 11 is 0. The van der Waals surface area contributed by atoms with Crippen LogP contribution in [0, 0.1) is 11.8 Å².